The van der Waals surface area contributed by atoms with Gasteiger partial charge < -0.3 is 4.90 Å². The Hall–Kier alpha value is -2.59. The number of anilines is 1. The molecule has 0 unspecified atom stereocenters. The fourth-order valence-corrected chi connectivity index (χ4v) is 2.42. The largest absolute Gasteiger partial charge is 0.308 e. The molecule has 0 saturated carbocycles. The Labute approximate surface area is 118 Å². The Morgan fingerprint density at radius 3 is 2.50 bits per heavy atom. The lowest BCUT2D eigenvalue weighted by molar-refractivity contribution is -0.113. The molecule has 4 nitrogen and oxygen atoms in total. The van der Waals surface area contributed by atoms with E-state index in [2.05, 4.69) is 0 Å². The Balaban J connectivity index is 2.71. The highest BCUT2D eigenvalue weighted by atomic mass is 16.2. The first-order chi connectivity index (χ1) is 9.67. The molecule has 0 atom stereocenters. The summed E-state index contributed by atoms with van der Waals surface area (Å²) >= 11 is 0. The maximum absolute atomic E-state index is 12.5. The maximum atomic E-state index is 12.5. The van der Waals surface area contributed by atoms with Gasteiger partial charge in [-0.05, 0) is 30.5 Å². The molecule has 0 radical (unpaired) electrons. The lowest BCUT2D eigenvalue weighted by atomic mass is 9.99. The summed E-state index contributed by atoms with van der Waals surface area (Å²) in [5.41, 5.74) is 2.73. The minimum atomic E-state index is -0.242. The highest BCUT2D eigenvalue weighted by Crippen LogP contribution is 2.39. The van der Waals surface area contributed by atoms with E-state index in [0.717, 1.165) is 24.1 Å². The Morgan fingerprint density at radius 2 is 1.95 bits per heavy atom. The number of aryl methyl sites for hydroxylation is 1. The van der Waals surface area contributed by atoms with Gasteiger partial charge in [-0.1, -0.05) is 19.9 Å². The van der Waals surface area contributed by atoms with Crippen LogP contribution in [-0.2, 0) is 11.2 Å². The summed E-state index contributed by atoms with van der Waals surface area (Å²) in [4.78, 5) is 14.1. The van der Waals surface area contributed by atoms with E-state index in [-0.39, 0.29) is 17.1 Å². The van der Waals surface area contributed by atoms with Gasteiger partial charge in [-0.15, -0.1) is 0 Å². The third-order valence-electron chi connectivity index (χ3n) is 3.41. The quantitative estimate of drug-likeness (QED) is 0.623. The number of nitrogens with zero attached hydrogens (tertiary/aromatic N) is 3. The van der Waals surface area contributed by atoms with Crippen molar-refractivity contribution in [1.29, 1.82) is 10.5 Å². The van der Waals surface area contributed by atoms with Crippen molar-refractivity contribution in [2.75, 3.05) is 11.4 Å². The summed E-state index contributed by atoms with van der Waals surface area (Å²) in [6, 6.07) is 9.47. The Morgan fingerprint density at radius 1 is 1.25 bits per heavy atom. The van der Waals surface area contributed by atoms with Crippen LogP contribution in [0.15, 0.2) is 23.8 Å². The predicted molar refractivity (Wildman–Crippen MR) is 76.6 cm³/mol. The molecule has 1 aliphatic rings. The summed E-state index contributed by atoms with van der Waals surface area (Å²) < 4.78 is 0. The fraction of sp³-hybridized carbons (Fsp3) is 0.312. The number of amides is 1. The topological polar surface area (TPSA) is 67.9 Å². The van der Waals surface area contributed by atoms with Gasteiger partial charge >= 0.3 is 0 Å². The van der Waals surface area contributed by atoms with Crippen LogP contribution in [0.5, 0.6) is 0 Å². The Bertz CT molecular complexity index is 658. The van der Waals surface area contributed by atoms with Crippen molar-refractivity contribution in [1.82, 2.24) is 0 Å². The first-order valence-corrected chi connectivity index (χ1v) is 6.67. The van der Waals surface area contributed by atoms with Crippen molar-refractivity contribution in [3.8, 4) is 12.1 Å². The van der Waals surface area contributed by atoms with E-state index in [1.165, 1.54) is 0 Å². The van der Waals surface area contributed by atoms with Crippen LogP contribution in [0.1, 0.15) is 31.4 Å². The van der Waals surface area contributed by atoms with Gasteiger partial charge in [-0.2, -0.15) is 10.5 Å². The van der Waals surface area contributed by atoms with Crippen LogP contribution >= 0.6 is 0 Å². The summed E-state index contributed by atoms with van der Waals surface area (Å²) in [7, 11) is 0. The van der Waals surface area contributed by atoms with E-state index < -0.39 is 0 Å². The smallest absolute Gasteiger partial charge is 0.261 e. The number of benzene rings is 1. The molecule has 0 aliphatic carbocycles. The van der Waals surface area contributed by atoms with Gasteiger partial charge in [0.2, 0.25) is 0 Å². The number of hydrogen-bond donors (Lipinski definition) is 0. The van der Waals surface area contributed by atoms with Crippen molar-refractivity contribution < 1.29 is 4.79 Å². The summed E-state index contributed by atoms with van der Waals surface area (Å²) in [6.07, 6.45) is 1.67. The van der Waals surface area contributed by atoms with E-state index in [1.807, 2.05) is 44.2 Å². The second-order valence-corrected chi connectivity index (χ2v) is 4.64. The number of fused-ring (bicyclic) bond motifs is 1. The lowest BCUT2D eigenvalue weighted by Gasteiger charge is -2.15. The molecule has 0 fully saturated rings. The number of nitriles is 2. The third kappa shape index (κ3) is 2.06. The zero-order valence-corrected chi connectivity index (χ0v) is 11.6. The minimum Gasteiger partial charge on any atom is -0.308 e. The van der Waals surface area contributed by atoms with Crippen molar-refractivity contribution in [3.63, 3.8) is 0 Å². The minimum absolute atomic E-state index is 0.108. The number of rotatable bonds is 3. The average Bonchev–Trinajstić information content (AvgIpc) is 2.74. The molecule has 4 heteroatoms. The van der Waals surface area contributed by atoms with Gasteiger partial charge in [0, 0.05) is 12.1 Å². The van der Waals surface area contributed by atoms with Crippen molar-refractivity contribution in [2.24, 2.45) is 0 Å². The van der Waals surface area contributed by atoms with Gasteiger partial charge in [0.25, 0.3) is 5.91 Å². The molecule has 20 heavy (non-hydrogen) atoms. The number of carbonyl (C=O) groups excluding carboxylic acids is 1. The van der Waals surface area contributed by atoms with Gasteiger partial charge in [-0.25, -0.2) is 0 Å². The van der Waals surface area contributed by atoms with Crippen LogP contribution in [0.25, 0.3) is 5.57 Å². The second-order valence-electron chi connectivity index (χ2n) is 4.64. The molecule has 1 amide bonds. The zero-order chi connectivity index (χ0) is 14.7. The average molecular weight is 265 g/mol. The molecule has 1 aliphatic heterocycles. The number of hydrogen-bond acceptors (Lipinski definition) is 3. The molecule has 0 saturated heterocycles. The monoisotopic (exact) mass is 265 g/mol. The van der Waals surface area contributed by atoms with Crippen LogP contribution in [0, 0.1) is 22.7 Å². The molecule has 1 aromatic rings. The first kappa shape index (κ1) is 13.8. The van der Waals surface area contributed by atoms with E-state index in [0.29, 0.717) is 12.1 Å². The highest BCUT2D eigenvalue weighted by molar-refractivity contribution is 6.34. The van der Waals surface area contributed by atoms with Crippen molar-refractivity contribution in [2.45, 2.75) is 26.7 Å². The molecular formula is C16H15N3O. The van der Waals surface area contributed by atoms with Crippen molar-refractivity contribution >= 4 is 17.2 Å². The van der Waals surface area contributed by atoms with Gasteiger partial charge in [0.15, 0.2) is 0 Å². The standard InChI is InChI=1S/C16H15N3O/c1-3-7-19-14-6-5-11(4-2)8-13(14)15(16(19)20)12(9-17)10-18/h5-6,8H,3-4,7H2,1-2H3. The van der Waals surface area contributed by atoms with Crippen LogP contribution < -0.4 is 4.90 Å². The van der Waals surface area contributed by atoms with Crippen LogP contribution in [0.4, 0.5) is 5.69 Å². The van der Waals surface area contributed by atoms with Crippen LogP contribution in [0.2, 0.25) is 0 Å². The zero-order valence-electron chi connectivity index (χ0n) is 11.6. The van der Waals surface area contributed by atoms with E-state index in [1.54, 1.807) is 4.90 Å². The molecule has 0 spiro atoms. The highest BCUT2D eigenvalue weighted by Gasteiger charge is 2.34. The van der Waals surface area contributed by atoms with E-state index >= 15 is 0 Å². The number of allylic oxidation sites excluding steroid dienone is 1. The fourth-order valence-electron chi connectivity index (χ4n) is 2.42. The molecule has 0 aromatic heterocycles. The summed E-state index contributed by atoms with van der Waals surface area (Å²) in [6.45, 7) is 4.61. The molecule has 0 N–H and O–H groups in total. The lowest BCUT2D eigenvalue weighted by Crippen LogP contribution is -2.27. The summed E-state index contributed by atoms with van der Waals surface area (Å²) in [5.74, 6) is -0.242. The van der Waals surface area contributed by atoms with Gasteiger partial charge in [0.05, 0.1) is 11.3 Å². The molecule has 2 rings (SSSR count). The second kappa shape index (κ2) is 5.59. The first-order valence-electron chi connectivity index (χ1n) is 6.67. The molecule has 100 valence electrons. The third-order valence-corrected chi connectivity index (χ3v) is 3.41. The molecule has 1 aromatic carbocycles. The van der Waals surface area contributed by atoms with Crippen molar-refractivity contribution in [3.05, 3.63) is 34.9 Å². The normalized spacial score (nSPS) is 12.9. The molecular weight excluding hydrogens is 250 g/mol. The maximum Gasteiger partial charge on any atom is 0.261 e. The molecule has 1 heterocycles. The van der Waals surface area contributed by atoms with Gasteiger partial charge in [-0.3, -0.25) is 4.79 Å². The van der Waals surface area contributed by atoms with Gasteiger partial charge in [0.1, 0.15) is 17.7 Å². The number of carbonyl (C=O) groups is 1. The summed E-state index contributed by atoms with van der Waals surface area (Å²) in [5, 5.41) is 18.1. The van der Waals surface area contributed by atoms with Crippen LogP contribution in [0.3, 0.4) is 0 Å². The predicted octanol–water partition coefficient (Wildman–Crippen LogP) is 2.81. The van der Waals surface area contributed by atoms with E-state index in [9.17, 15) is 4.79 Å². The van der Waals surface area contributed by atoms with E-state index in [4.69, 9.17) is 10.5 Å². The Kier molecular flexibility index (Phi) is 3.86. The molecule has 0 bridgehead atoms. The van der Waals surface area contributed by atoms with Crippen LogP contribution in [-0.4, -0.2) is 12.5 Å². The SMILES string of the molecule is CCCN1C(=O)C(=C(C#N)C#N)c2cc(CC)ccc21.